The standard InChI is InChI=1S/C30H35BrClN3O5S/c1-4-6-18-33-30(37)22(3)34(20-23-8-7-9-24(31)19-23)29(36)21-35(26-12-14-27(15-13-26)40-5-2)41(38,39)28-16-10-25(32)11-17-28/h7-17,19,22H,4-6,18,20-21H2,1-3H3,(H,33,37). The number of unbranched alkanes of at least 4 members (excludes halogenated alkanes) is 1. The fraction of sp³-hybridized carbons (Fsp3) is 0.333. The summed E-state index contributed by atoms with van der Waals surface area (Å²) in [5.74, 6) is -0.274. The van der Waals surface area contributed by atoms with Gasteiger partial charge >= 0.3 is 0 Å². The van der Waals surface area contributed by atoms with Crippen molar-refractivity contribution in [3.05, 3.63) is 87.9 Å². The largest absolute Gasteiger partial charge is 0.494 e. The van der Waals surface area contributed by atoms with Gasteiger partial charge in [0.05, 0.1) is 17.2 Å². The highest BCUT2D eigenvalue weighted by molar-refractivity contribution is 9.10. The molecule has 1 unspecified atom stereocenters. The Kier molecular flexibility index (Phi) is 12.1. The number of halogens is 2. The first-order valence-corrected chi connectivity index (χ1v) is 16.0. The molecule has 11 heteroatoms. The van der Waals surface area contributed by atoms with E-state index >= 15 is 0 Å². The van der Waals surface area contributed by atoms with Crippen LogP contribution in [-0.4, -0.2) is 50.9 Å². The van der Waals surface area contributed by atoms with Gasteiger partial charge in [-0.3, -0.25) is 13.9 Å². The summed E-state index contributed by atoms with van der Waals surface area (Å²) in [7, 11) is -4.19. The maximum atomic E-state index is 14.0. The van der Waals surface area contributed by atoms with Crippen molar-refractivity contribution in [3.63, 3.8) is 0 Å². The quantitative estimate of drug-likeness (QED) is 0.213. The van der Waals surface area contributed by atoms with Gasteiger partial charge in [0.15, 0.2) is 0 Å². The van der Waals surface area contributed by atoms with E-state index in [0.717, 1.165) is 27.2 Å². The van der Waals surface area contributed by atoms with Gasteiger partial charge in [0.1, 0.15) is 18.3 Å². The van der Waals surface area contributed by atoms with Gasteiger partial charge in [-0.2, -0.15) is 0 Å². The Bertz CT molecular complexity index is 1420. The molecule has 3 aromatic carbocycles. The van der Waals surface area contributed by atoms with Crippen LogP contribution >= 0.6 is 27.5 Å². The second-order valence-electron chi connectivity index (χ2n) is 9.36. The number of nitrogens with zero attached hydrogens (tertiary/aromatic N) is 2. The van der Waals surface area contributed by atoms with E-state index in [1.54, 1.807) is 31.2 Å². The summed E-state index contributed by atoms with van der Waals surface area (Å²) < 4.78 is 35.2. The summed E-state index contributed by atoms with van der Waals surface area (Å²) >= 11 is 9.46. The second kappa shape index (κ2) is 15.2. The smallest absolute Gasteiger partial charge is 0.264 e. The van der Waals surface area contributed by atoms with Crippen molar-refractivity contribution in [2.24, 2.45) is 0 Å². The Morgan fingerprint density at radius 1 is 1.02 bits per heavy atom. The fourth-order valence-electron chi connectivity index (χ4n) is 4.09. The van der Waals surface area contributed by atoms with Crippen molar-refractivity contribution in [3.8, 4) is 5.75 Å². The molecule has 3 aromatic rings. The summed E-state index contributed by atoms with van der Waals surface area (Å²) in [4.78, 5) is 28.4. The molecule has 8 nitrogen and oxygen atoms in total. The Morgan fingerprint density at radius 3 is 2.32 bits per heavy atom. The van der Waals surface area contributed by atoms with Crippen LogP contribution in [0.15, 0.2) is 82.2 Å². The number of benzene rings is 3. The third-order valence-corrected chi connectivity index (χ3v) is 8.89. The molecule has 1 atom stereocenters. The zero-order valence-electron chi connectivity index (χ0n) is 23.3. The minimum Gasteiger partial charge on any atom is -0.494 e. The Labute approximate surface area is 255 Å². The number of carbonyl (C=O) groups is 2. The maximum Gasteiger partial charge on any atom is 0.264 e. The van der Waals surface area contributed by atoms with Gasteiger partial charge in [0.25, 0.3) is 10.0 Å². The van der Waals surface area contributed by atoms with Crippen LogP contribution in [0.1, 0.15) is 39.2 Å². The molecule has 0 spiro atoms. The number of nitrogens with one attached hydrogen (secondary N) is 1. The van der Waals surface area contributed by atoms with Crippen molar-refractivity contribution in [1.82, 2.24) is 10.2 Å². The van der Waals surface area contributed by atoms with E-state index in [4.69, 9.17) is 16.3 Å². The lowest BCUT2D eigenvalue weighted by Crippen LogP contribution is -2.51. The Morgan fingerprint density at radius 2 is 1.71 bits per heavy atom. The van der Waals surface area contributed by atoms with Gasteiger partial charge in [-0.15, -0.1) is 0 Å². The van der Waals surface area contributed by atoms with Gasteiger partial charge in [-0.05, 0) is 86.5 Å². The lowest BCUT2D eigenvalue weighted by atomic mass is 10.1. The third kappa shape index (κ3) is 8.95. The summed E-state index contributed by atoms with van der Waals surface area (Å²) in [6, 6.07) is 18.8. The summed E-state index contributed by atoms with van der Waals surface area (Å²) in [6.45, 7) is 6.04. The van der Waals surface area contributed by atoms with Gasteiger partial charge in [-0.1, -0.05) is 53.0 Å². The van der Waals surface area contributed by atoms with E-state index in [-0.39, 0.29) is 23.0 Å². The third-order valence-electron chi connectivity index (χ3n) is 6.36. The molecule has 0 aliphatic heterocycles. The van der Waals surface area contributed by atoms with Crippen LogP contribution in [-0.2, 0) is 26.2 Å². The number of hydrogen-bond acceptors (Lipinski definition) is 5. The van der Waals surface area contributed by atoms with Gasteiger partial charge < -0.3 is 15.0 Å². The first-order chi connectivity index (χ1) is 19.6. The van der Waals surface area contributed by atoms with Crippen molar-refractivity contribution < 1.29 is 22.7 Å². The summed E-state index contributed by atoms with van der Waals surface area (Å²) in [5, 5.41) is 3.27. The van der Waals surface area contributed by atoms with Crippen molar-refractivity contribution in [2.45, 2.75) is 51.1 Å². The van der Waals surface area contributed by atoms with Crippen LogP contribution in [0.2, 0.25) is 5.02 Å². The second-order valence-corrected chi connectivity index (χ2v) is 12.6. The van der Waals surface area contributed by atoms with Gasteiger partial charge in [-0.25, -0.2) is 8.42 Å². The van der Waals surface area contributed by atoms with Crippen LogP contribution < -0.4 is 14.4 Å². The van der Waals surface area contributed by atoms with E-state index in [1.807, 2.05) is 38.1 Å². The van der Waals surface area contributed by atoms with Gasteiger partial charge in [0.2, 0.25) is 11.8 Å². The van der Waals surface area contributed by atoms with Crippen molar-refractivity contribution in [1.29, 1.82) is 0 Å². The molecule has 220 valence electrons. The lowest BCUT2D eigenvalue weighted by Gasteiger charge is -2.32. The Balaban J connectivity index is 2.00. The predicted octanol–water partition coefficient (Wildman–Crippen LogP) is 6.03. The summed E-state index contributed by atoms with van der Waals surface area (Å²) in [5.41, 5.74) is 1.06. The molecule has 0 saturated carbocycles. The highest BCUT2D eigenvalue weighted by Gasteiger charge is 2.32. The molecule has 0 aliphatic carbocycles. The molecular weight excluding hydrogens is 630 g/mol. The molecule has 0 aromatic heterocycles. The molecule has 0 radical (unpaired) electrons. The van der Waals surface area contributed by atoms with Crippen LogP contribution in [0.5, 0.6) is 5.75 Å². The highest BCUT2D eigenvalue weighted by atomic mass is 79.9. The number of carbonyl (C=O) groups excluding carboxylic acids is 2. The molecule has 0 bridgehead atoms. The van der Waals surface area contributed by atoms with Crippen LogP contribution in [0, 0.1) is 0 Å². The molecule has 0 fully saturated rings. The molecule has 3 rings (SSSR count). The van der Waals surface area contributed by atoms with Crippen LogP contribution in [0.25, 0.3) is 0 Å². The van der Waals surface area contributed by atoms with E-state index in [9.17, 15) is 18.0 Å². The number of anilines is 1. The number of sulfonamides is 1. The molecule has 0 heterocycles. The predicted molar refractivity (Wildman–Crippen MR) is 166 cm³/mol. The molecule has 41 heavy (non-hydrogen) atoms. The monoisotopic (exact) mass is 663 g/mol. The van der Waals surface area contributed by atoms with E-state index in [1.165, 1.54) is 29.2 Å². The fourth-order valence-corrected chi connectivity index (χ4v) is 6.08. The van der Waals surface area contributed by atoms with E-state index in [0.29, 0.717) is 23.9 Å². The minimum absolute atomic E-state index is 0.0209. The summed E-state index contributed by atoms with van der Waals surface area (Å²) in [6.07, 6.45) is 1.72. The normalized spacial score (nSPS) is 11.9. The maximum absolute atomic E-state index is 14.0. The number of amides is 2. The number of rotatable bonds is 14. The molecular formula is C30H35BrClN3O5S. The number of ether oxygens (including phenoxy) is 1. The van der Waals surface area contributed by atoms with Crippen LogP contribution in [0.3, 0.4) is 0 Å². The highest BCUT2D eigenvalue weighted by Crippen LogP contribution is 2.27. The first-order valence-electron chi connectivity index (χ1n) is 13.4. The number of hydrogen-bond donors (Lipinski definition) is 1. The topological polar surface area (TPSA) is 96.0 Å². The first kappa shape index (κ1) is 32.4. The average molecular weight is 665 g/mol. The van der Waals surface area contributed by atoms with Crippen molar-refractivity contribution >= 4 is 55.1 Å². The lowest BCUT2D eigenvalue weighted by molar-refractivity contribution is -0.139. The minimum atomic E-state index is -4.19. The molecule has 0 aliphatic rings. The zero-order chi connectivity index (χ0) is 30.0. The average Bonchev–Trinajstić information content (AvgIpc) is 2.95. The van der Waals surface area contributed by atoms with E-state index < -0.39 is 28.5 Å². The molecule has 0 saturated heterocycles. The molecule has 1 N–H and O–H groups in total. The van der Waals surface area contributed by atoms with Gasteiger partial charge in [0, 0.05) is 22.6 Å². The van der Waals surface area contributed by atoms with Crippen molar-refractivity contribution in [2.75, 3.05) is 24.0 Å². The Hall–Kier alpha value is -3.08. The zero-order valence-corrected chi connectivity index (χ0v) is 26.5. The SMILES string of the molecule is CCCCNC(=O)C(C)N(Cc1cccc(Br)c1)C(=O)CN(c1ccc(OCC)cc1)S(=O)(=O)c1ccc(Cl)cc1. The van der Waals surface area contributed by atoms with E-state index in [2.05, 4.69) is 21.2 Å². The van der Waals surface area contributed by atoms with Crippen LogP contribution in [0.4, 0.5) is 5.69 Å². The molecule has 2 amide bonds.